The number of thioether (sulfide) groups is 1. The summed E-state index contributed by atoms with van der Waals surface area (Å²) in [6, 6.07) is 13.0. The molecule has 0 fully saturated rings. The Morgan fingerprint density at radius 2 is 1.74 bits per heavy atom. The maximum Gasteiger partial charge on any atom is 0.302 e. The lowest BCUT2D eigenvalue weighted by Crippen LogP contribution is -2.27. The highest BCUT2D eigenvalue weighted by atomic mass is 32.2. The Labute approximate surface area is 160 Å². The van der Waals surface area contributed by atoms with E-state index in [-0.39, 0.29) is 11.4 Å². The summed E-state index contributed by atoms with van der Waals surface area (Å²) in [6.45, 7) is 7.60. The molecule has 0 aliphatic carbocycles. The molecule has 2 aromatic carbocycles. The predicted octanol–water partition coefficient (Wildman–Crippen LogP) is 6.61. The Morgan fingerprint density at radius 3 is 2.37 bits per heavy atom. The van der Waals surface area contributed by atoms with Gasteiger partial charge in [-0.05, 0) is 17.7 Å². The molecule has 0 amide bonds. The van der Waals surface area contributed by atoms with E-state index in [1.165, 1.54) is 18.2 Å². The van der Waals surface area contributed by atoms with Crippen molar-refractivity contribution in [1.82, 2.24) is 4.90 Å². The lowest BCUT2D eigenvalue weighted by atomic mass is 10.0. The van der Waals surface area contributed by atoms with Gasteiger partial charge in [-0.2, -0.15) is 8.78 Å². The molecule has 1 unspecified atom stereocenters. The summed E-state index contributed by atoms with van der Waals surface area (Å²) in [6.07, 6.45) is -0.754. The molecule has 6 heteroatoms. The fraction of sp³-hybridized carbons (Fsp3) is 0.143. The number of hydrogen-bond acceptors (Lipinski definition) is 2. The van der Waals surface area contributed by atoms with E-state index in [0.29, 0.717) is 17.5 Å². The van der Waals surface area contributed by atoms with Crippen molar-refractivity contribution in [3.8, 4) is 0 Å². The van der Waals surface area contributed by atoms with Gasteiger partial charge < -0.3 is 4.90 Å². The molecule has 0 aromatic heterocycles. The molecule has 0 saturated carbocycles. The first-order valence-electron chi connectivity index (χ1n) is 8.08. The Kier molecular flexibility index (Phi) is 7.30. The van der Waals surface area contributed by atoms with Crippen molar-refractivity contribution in [1.29, 1.82) is 0 Å². The van der Waals surface area contributed by atoms with Gasteiger partial charge in [0, 0.05) is 29.7 Å². The molecule has 142 valence electrons. The molecule has 0 bridgehead atoms. The maximum absolute atomic E-state index is 14.1. The Morgan fingerprint density at radius 1 is 1.11 bits per heavy atom. The van der Waals surface area contributed by atoms with Crippen molar-refractivity contribution in [3.63, 3.8) is 0 Å². The van der Waals surface area contributed by atoms with Crippen LogP contribution in [0, 0.1) is 5.82 Å². The van der Waals surface area contributed by atoms with Crippen molar-refractivity contribution in [3.05, 3.63) is 90.5 Å². The summed E-state index contributed by atoms with van der Waals surface area (Å²) in [5.41, 5.74) is 2.10. The number of halogens is 4. The zero-order valence-electron chi connectivity index (χ0n) is 14.8. The zero-order chi connectivity index (χ0) is 20.0. The quantitative estimate of drug-likeness (QED) is 0.367. The van der Waals surface area contributed by atoms with Crippen LogP contribution in [0.25, 0.3) is 11.8 Å². The Hall–Kier alpha value is -2.47. The molecule has 0 heterocycles. The van der Waals surface area contributed by atoms with Crippen LogP contribution in [0.2, 0.25) is 0 Å². The van der Waals surface area contributed by atoms with Crippen LogP contribution in [0.3, 0.4) is 0 Å². The maximum atomic E-state index is 14.1. The van der Waals surface area contributed by atoms with Gasteiger partial charge in [-0.25, -0.2) is 8.78 Å². The number of nitrogens with zero attached hydrogens (tertiary/aromatic N) is 1. The van der Waals surface area contributed by atoms with Crippen molar-refractivity contribution in [2.45, 2.75) is 10.1 Å². The fourth-order valence-corrected chi connectivity index (χ4v) is 3.62. The van der Waals surface area contributed by atoms with Crippen LogP contribution < -0.4 is 0 Å². The summed E-state index contributed by atoms with van der Waals surface area (Å²) < 4.78 is 53.8. The van der Waals surface area contributed by atoms with Gasteiger partial charge in [0.05, 0.1) is 5.25 Å². The van der Waals surface area contributed by atoms with Crippen molar-refractivity contribution in [2.24, 2.45) is 0 Å². The molecule has 27 heavy (non-hydrogen) atoms. The standard InChI is InChI=1S/C21H19F4NS/c1-4-15-9-5-6-10-16(15)14(2)26(3)13-19(20(23)21(24)25)27-18-12-8-7-11-17(18)22/h4-12,19H,1-2,13H2,3H3. The van der Waals surface area contributed by atoms with Gasteiger partial charge >= 0.3 is 6.08 Å². The topological polar surface area (TPSA) is 3.24 Å². The van der Waals surface area contributed by atoms with E-state index in [2.05, 4.69) is 13.2 Å². The van der Waals surface area contributed by atoms with Crippen LogP contribution in [-0.2, 0) is 0 Å². The highest BCUT2D eigenvalue weighted by Gasteiger charge is 2.25. The second kappa shape index (κ2) is 9.46. The second-order valence-electron chi connectivity index (χ2n) is 5.76. The molecule has 0 radical (unpaired) electrons. The third-order valence-corrected chi connectivity index (χ3v) is 5.19. The molecule has 2 rings (SSSR count). The van der Waals surface area contributed by atoms with E-state index in [1.807, 2.05) is 24.3 Å². The van der Waals surface area contributed by atoms with Crippen molar-refractivity contribution >= 4 is 23.5 Å². The minimum atomic E-state index is -2.41. The summed E-state index contributed by atoms with van der Waals surface area (Å²) in [7, 11) is 1.63. The minimum Gasteiger partial charge on any atom is -0.373 e. The van der Waals surface area contributed by atoms with E-state index in [4.69, 9.17) is 0 Å². The minimum absolute atomic E-state index is 0.101. The van der Waals surface area contributed by atoms with Crippen LogP contribution in [0.4, 0.5) is 17.6 Å². The van der Waals surface area contributed by atoms with Gasteiger partial charge in [-0.1, -0.05) is 55.6 Å². The lowest BCUT2D eigenvalue weighted by Gasteiger charge is -2.27. The summed E-state index contributed by atoms with van der Waals surface area (Å²) in [5, 5.41) is -1.29. The average molecular weight is 393 g/mol. The van der Waals surface area contributed by atoms with Crippen LogP contribution in [0.15, 0.2) is 78.5 Å². The first-order chi connectivity index (χ1) is 12.8. The average Bonchev–Trinajstić information content (AvgIpc) is 2.67. The van der Waals surface area contributed by atoms with E-state index in [1.54, 1.807) is 24.1 Å². The van der Waals surface area contributed by atoms with Crippen LogP contribution in [0.5, 0.6) is 0 Å². The van der Waals surface area contributed by atoms with E-state index < -0.39 is 23.0 Å². The smallest absolute Gasteiger partial charge is 0.302 e. The first-order valence-corrected chi connectivity index (χ1v) is 8.96. The summed E-state index contributed by atoms with van der Waals surface area (Å²) in [4.78, 5) is 1.67. The number of benzene rings is 2. The predicted molar refractivity (Wildman–Crippen MR) is 105 cm³/mol. The third kappa shape index (κ3) is 5.26. The number of hydrogen-bond donors (Lipinski definition) is 0. The van der Waals surface area contributed by atoms with E-state index >= 15 is 0 Å². The summed E-state index contributed by atoms with van der Waals surface area (Å²) in [5.74, 6) is -2.15. The highest BCUT2D eigenvalue weighted by molar-refractivity contribution is 8.00. The first kappa shape index (κ1) is 20.8. The van der Waals surface area contributed by atoms with Gasteiger partial charge in [0.2, 0.25) is 0 Å². The normalized spacial score (nSPS) is 11.6. The Balaban J connectivity index is 2.26. The van der Waals surface area contributed by atoms with Gasteiger partial charge in [0.15, 0.2) is 5.83 Å². The summed E-state index contributed by atoms with van der Waals surface area (Å²) >= 11 is 0.712. The van der Waals surface area contributed by atoms with Crippen LogP contribution in [0.1, 0.15) is 11.1 Å². The molecule has 0 saturated heterocycles. The van der Waals surface area contributed by atoms with Crippen LogP contribution >= 0.6 is 11.8 Å². The lowest BCUT2D eigenvalue weighted by molar-refractivity contribution is 0.361. The fourth-order valence-electron chi connectivity index (χ4n) is 2.49. The Bertz CT molecular complexity index is 859. The van der Waals surface area contributed by atoms with E-state index in [0.717, 1.165) is 11.1 Å². The molecule has 0 aliphatic heterocycles. The molecular weight excluding hydrogens is 374 g/mol. The van der Waals surface area contributed by atoms with Crippen molar-refractivity contribution < 1.29 is 17.6 Å². The van der Waals surface area contributed by atoms with Gasteiger partial charge in [-0.15, -0.1) is 11.8 Å². The third-order valence-electron chi connectivity index (χ3n) is 3.96. The molecule has 0 aliphatic rings. The molecule has 1 nitrogen and oxygen atoms in total. The number of rotatable bonds is 8. The zero-order valence-corrected chi connectivity index (χ0v) is 15.6. The van der Waals surface area contributed by atoms with Gasteiger partial charge in [0.25, 0.3) is 0 Å². The monoisotopic (exact) mass is 393 g/mol. The van der Waals surface area contributed by atoms with Crippen molar-refractivity contribution in [2.75, 3.05) is 13.6 Å². The molecule has 1 atom stereocenters. The SMILES string of the molecule is C=Cc1ccccc1C(=C)N(C)CC(Sc1ccccc1F)C(F)=C(F)F. The highest BCUT2D eigenvalue weighted by Crippen LogP contribution is 2.34. The van der Waals surface area contributed by atoms with Gasteiger partial charge in [-0.3, -0.25) is 0 Å². The van der Waals surface area contributed by atoms with E-state index in [9.17, 15) is 17.6 Å². The molecular formula is C21H19F4NS. The molecule has 2 aromatic rings. The largest absolute Gasteiger partial charge is 0.373 e. The second-order valence-corrected chi connectivity index (χ2v) is 7.01. The molecule has 0 spiro atoms. The van der Waals surface area contributed by atoms with Crippen LogP contribution in [-0.4, -0.2) is 23.7 Å². The molecule has 0 N–H and O–H groups in total. The van der Waals surface area contributed by atoms with Gasteiger partial charge in [0.1, 0.15) is 5.82 Å².